The summed E-state index contributed by atoms with van der Waals surface area (Å²) in [6, 6.07) is 3.28. The molecule has 0 unspecified atom stereocenters. The smallest absolute Gasteiger partial charge is 0.263 e. The maximum absolute atomic E-state index is 13.0. The van der Waals surface area contributed by atoms with E-state index in [-0.39, 0.29) is 11.8 Å². The first-order valence-corrected chi connectivity index (χ1v) is 9.94. The maximum atomic E-state index is 13.0. The van der Waals surface area contributed by atoms with Crippen LogP contribution in [0.1, 0.15) is 18.5 Å². The quantitative estimate of drug-likeness (QED) is 0.655. The van der Waals surface area contributed by atoms with Crippen LogP contribution in [0.2, 0.25) is 5.02 Å². The molecule has 30 heavy (non-hydrogen) atoms. The highest BCUT2D eigenvalue weighted by Gasteiger charge is 2.29. The fourth-order valence-corrected chi connectivity index (χ4v) is 3.96. The molecule has 10 heteroatoms. The molecule has 4 rings (SSSR count). The lowest BCUT2D eigenvalue weighted by Crippen LogP contribution is -2.41. The van der Waals surface area contributed by atoms with Crippen LogP contribution in [-0.2, 0) is 4.79 Å². The predicted octanol–water partition coefficient (Wildman–Crippen LogP) is 3.45. The van der Waals surface area contributed by atoms with Gasteiger partial charge in [0, 0.05) is 19.2 Å². The second-order valence-corrected chi connectivity index (χ2v) is 7.51. The Morgan fingerprint density at radius 3 is 2.83 bits per heavy atom. The Labute approximate surface area is 178 Å². The minimum absolute atomic E-state index is 0.105. The van der Waals surface area contributed by atoms with Gasteiger partial charge in [0.1, 0.15) is 29.0 Å². The van der Waals surface area contributed by atoms with Crippen LogP contribution in [-0.4, -0.2) is 48.3 Å². The van der Waals surface area contributed by atoms with Gasteiger partial charge in [0.25, 0.3) is 5.71 Å². The van der Waals surface area contributed by atoms with E-state index in [4.69, 9.17) is 25.6 Å². The molecule has 158 valence electrons. The third kappa shape index (κ3) is 3.72. The number of fused-ring (bicyclic) bond motifs is 1. The Hall–Kier alpha value is -3.07. The lowest BCUT2D eigenvalue weighted by Gasteiger charge is -2.33. The number of carbonyl (C=O) groups is 1. The number of aromatic nitrogens is 3. The van der Waals surface area contributed by atoms with E-state index in [0.29, 0.717) is 34.5 Å². The fraction of sp³-hybridized carbons (Fsp3) is 0.400. The number of amides is 1. The van der Waals surface area contributed by atoms with Gasteiger partial charge in [-0.05, 0) is 25.8 Å². The van der Waals surface area contributed by atoms with Crippen molar-refractivity contribution in [1.82, 2.24) is 15.1 Å². The van der Waals surface area contributed by atoms with E-state index in [0.717, 1.165) is 36.3 Å². The Kier molecular flexibility index (Phi) is 5.63. The van der Waals surface area contributed by atoms with Gasteiger partial charge in [0.2, 0.25) is 5.91 Å². The molecule has 1 amide bonds. The molecule has 1 aliphatic rings. The van der Waals surface area contributed by atoms with E-state index in [2.05, 4.69) is 25.3 Å². The highest BCUT2D eigenvalue weighted by molar-refractivity contribution is 6.32. The lowest BCUT2D eigenvalue weighted by molar-refractivity contribution is -0.120. The molecule has 9 nitrogen and oxygen atoms in total. The van der Waals surface area contributed by atoms with Crippen LogP contribution in [0.4, 0.5) is 11.5 Å². The summed E-state index contributed by atoms with van der Waals surface area (Å²) in [5.74, 6) is 1.37. The van der Waals surface area contributed by atoms with Gasteiger partial charge in [-0.15, -0.1) is 0 Å². The zero-order chi connectivity index (χ0) is 21.3. The number of rotatable bonds is 5. The van der Waals surface area contributed by atoms with Gasteiger partial charge in [-0.25, -0.2) is 4.98 Å². The first kappa shape index (κ1) is 20.2. The zero-order valence-corrected chi connectivity index (χ0v) is 17.7. The summed E-state index contributed by atoms with van der Waals surface area (Å²) in [4.78, 5) is 23.7. The van der Waals surface area contributed by atoms with Gasteiger partial charge in [0.15, 0.2) is 0 Å². The average molecular weight is 432 g/mol. The van der Waals surface area contributed by atoms with Crippen molar-refractivity contribution in [2.24, 2.45) is 5.92 Å². The summed E-state index contributed by atoms with van der Waals surface area (Å²) in [6.45, 7) is 3.17. The molecule has 0 bridgehead atoms. The number of hydrogen-bond donors (Lipinski definition) is 1. The average Bonchev–Trinajstić information content (AvgIpc) is 3.15. The van der Waals surface area contributed by atoms with E-state index in [1.54, 1.807) is 12.1 Å². The summed E-state index contributed by atoms with van der Waals surface area (Å²) in [5.41, 5.74) is 1.68. The zero-order valence-electron chi connectivity index (χ0n) is 16.9. The van der Waals surface area contributed by atoms with E-state index in [1.165, 1.54) is 20.5 Å². The third-order valence-corrected chi connectivity index (χ3v) is 5.54. The number of aryl methyl sites for hydroxylation is 1. The fourth-order valence-electron chi connectivity index (χ4n) is 3.72. The van der Waals surface area contributed by atoms with Crippen LogP contribution in [0, 0.1) is 12.8 Å². The van der Waals surface area contributed by atoms with Crippen LogP contribution >= 0.6 is 11.6 Å². The standard InChI is InChI=1S/C20H22ClN5O4/c1-11-17-18(22-10-23-20(17)30-25-11)26-6-4-5-12(9-26)19(27)24-14-7-13(21)15(28-2)8-16(14)29-3/h7-8,10,12H,4-6,9H2,1-3H3,(H,24,27)/t12-/m1/s1. The number of methoxy groups -OCH3 is 2. The van der Waals surface area contributed by atoms with Gasteiger partial charge in [-0.1, -0.05) is 16.8 Å². The highest BCUT2D eigenvalue weighted by Crippen LogP contribution is 2.36. The van der Waals surface area contributed by atoms with Gasteiger partial charge in [0.05, 0.1) is 36.5 Å². The van der Waals surface area contributed by atoms with Crippen LogP contribution in [0.15, 0.2) is 23.0 Å². The molecule has 0 aliphatic carbocycles. The summed E-state index contributed by atoms with van der Waals surface area (Å²) >= 11 is 6.22. The van der Waals surface area contributed by atoms with Crippen LogP contribution in [0.5, 0.6) is 11.5 Å². The SMILES string of the molecule is COc1cc(OC)c(NC(=O)[C@@H]2CCCN(c3ncnc4onc(C)c34)C2)cc1Cl. The first-order chi connectivity index (χ1) is 14.5. The number of nitrogens with one attached hydrogen (secondary N) is 1. The van der Waals surface area contributed by atoms with E-state index >= 15 is 0 Å². The number of nitrogens with zero attached hydrogens (tertiary/aromatic N) is 4. The summed E-state index contributed by atoms with van der Waals surface area (Å²) in [6.07, 6.45) is 3.08. The number of anilines is 2. The number of carbonyl (C=O) groups excluding carboxylic acids is 1. The molecule has 1 saturated heterocycles. The van der Waals surface area contributed by atoms with E-state index < -0.39 is 0 Å². The summed E-state index contributed by atoms with van der Waals surface area (Å²) in [5, 5.41) is 8.10. The van der Waals surface area contributed by atoms with Crippen molar-refractivity contribution in [1.29, 1.82) is 0 Å². The molecule has 1 aliphatic heterocycles. The highest BCUT2D eigenvalue weighted by atomic mass is 35.5. The largest absolute Gasteiger partial charge is 0.495 e. The molecule has 3 heterocycles. The van der Waals surface area contributed by atoms with E-state index in [1.807, 2.05) is 6.92 Å². The monoisotopic (exact) mass is 431 g/mol. The maximum Gasteiger partial charge on any atom is 0.263 e. The number of hydrogen-bond acceptors (Lipinski definition) is 8. The first-order valence-electron chi connectivity index (χ1n) is 9.56. The van der Waals surface area contributed by atoms with Crippen LogP contribution in [0.25, 0.3) is 11.1 Å². The Morgan fingerprint density at radius 1 is 1.27 bits per heavy atom. The Balaban J connectivity index is 1.54. The molecule has 1 N–H and O–H groups in total. The van der Waals surface area contributed by atoms with Crippen LogP contribution in [0.3, 0.4) is 0 Å². The second kappa shape index (κ2) is 8.35. The number of benzene rings is 1. The normalized spacial score (nSPS) is 16.5. The summed E-state index contributed by atoms with van der Waals surface area (Å²) in [7, 11) is 3.05. The molecule has 1 atom stereocenters. The van der Waals surface area contributed by atoms with Crippen molar-refractivity contribution in [3.8, 4) is 11.5 Å². The van der Waals surface area contributed by atoms with Crippen molar-refractivity contribution >= 4 is 40.1 Å². The molecule has 0 saturated carbocycles. The van der Waals surface area contributed by atoms with Gasteiger partial charge < -0.3 is 24.2 Å². The Bertz CT molecular complexity index is 1090. The summed E-state index contributed by atoms with van der Waals surface area (Å²) < 4.78 is 15.8. The minimum atomic E-state index is -0.227. The van der Waals surface area contributed by atoms with Gasteiger partial charge in [-0.3, -0.25) is 4.79 Å². The molecular formula is C20H22ClN5O4. The van der Waals surface area contributed by atoms with E-state index in [9.17, 15) is 4.79 Å². The number of ether oxygens (including phenoxy) is 2. The minimum Gasteiger partial charge on any atom is -0.495 e. The van der Waals surface area contributed by atoms with Crippen molar-refractivity contribution in [3.05, 3.63) is 29.2 Å². The van der Waals surface area contributed by atoms with Gasteiger partial charge in [-0.2, -0.15) is 4.98 Å². The van der Waals surface area contributed by atoms with Gasteiger partial charge >= 0.3 is 0 Å². The van der Waals surface area contributed by atoms with Crippen molar-refractivity contribution in [2.45, 2.75) is 19.8 Å². The molecule has 0 radical (unpaired) electrons. The molecule has 3 aromatic rings. The van der Waals surface area contributed by atoms with Crippen LogP contribution < -0.4 is 19.7 Å². The third-order valence-electron chi connectivity index (χ3n) is 5.25. The topological polar surface area (TPSA) is 103 Å². The number of piperidine rings is 1. The molecule has 0 spiro atoms. The van der Waals surface area contributed by atoms with Crippen molar-refractivity contribution < 1.29 is 18.8 Å². The Morgan fingerprint density at radius 2 is 2.07 bits per heavy atom. The second-order valence-electron chi connectivity index (χ2n) is 7.11. The molecule has 1 fully saturated rings. The molecule has 1 aromatic carbocycles. The predicted molar refractivity (Wildman–Crippen MR) is 112 cm³/mol. The molecule has 2 aromatic heterocycles. The molecular weight excluding hydrogens is 410 g/mol. The van der Waals surface area contributed by atoms with Crippen molar-refractivity contribution in [3.63, 3.8) is 0 Å². The lowest BCUT2D eigenvalue weighted by atomic mass is 9.96. The number of halogens is 1. The van der Waals surface area contributed by atoms with Crippen molar-refractivity contribution in [2.75, 3.05) is 37.5 Å².